The van der Waals surface area contributed by atoms with Gasteiger partial charge < -0.3 is 4.90 Å². The van der Waals surface area contributed by atoms with Crippen molar-refractivity contribution < 1.29 is 0 Å². The van der Waals surface area contributed by atoms with Crippen LogP contribution in [0.4, 0.5) is 5.69 Å². The first-order chi connectivity index (χ1) is 7.85. The van der Waals surface area contributed by atoms with Crippen LogP contribution >= 0.6 is 0 Å². The Labute approximate surface area is 97.5 Å². The third kappa shape index (κ3) is 2.19. The van der Waals surface area contributed by atoms with Gasteiger partial charge in [0.1, 0.15) is 6.07 Å². The molecule has 2 rings (SSSR count). The van der Waals surface area contributed by atoms with Crippen molar-refractivity contribution in [3.8, 4) is 6.07 Å². The molecule has 0 bridgehead atoms. The number of benzene rings is 1. The SMILES string of the molecule is CCC1CCCN(c2ccccc2C#N)C1. The first-order valence-electron chi connectivity index (χ1n) is 6.09. The van der Waals surface area contributed by atoms with Gasteiger partial charge in [0.2, 0.25) is 0 Å². The summed E-state index contributed by atoms with van der Waals surface area (Å²) < 4.78 is 0. The molecular weight excluding hydrogens is 196 g/mol. The lowest BCUT2D eigenvalue weighted by Crippen LogP contribution is -2.35. The van der Waals surface area contributed by atoms with E-state index in [0.29, 0.717) is 0 Å². The van der Waals surface area contributed by atoms with Gasteiger partial charge in [-0.1, -0.05) is 25.5 Å². The molecule has 1 aliphatic heterocycles. The van der Waals surface area contributed by atoms with E-state index in [1.54, 1.807) is 0 Å². The zero-order valence-electron chi connectivity index (χ0n) is 9.82. The molecule has 1 fully saturated rings. The van der Waals surface area contributed by atoms with E-state index in [1.165, 1.54) is 19.3 Å². The van der Waals surface area contributed by atoms with Crippen molar-refractivity contribution in [1.82, 2.24) is 0 Å². The van der Waals surface area contributed by atoms with Crippen LogP contribution in [0.15, 0.2) is 24.3 Å². The maximum Gasteiger partial charge on any atom is 0.101 e. The molecule has 1 atom stereocenters. The highest BCUT2D eigenvalue weighted by Gasteiger charge is 2.20. The van der Waals surface area contributed by atoms with Crippen LogP contribution in [-0.2, 0) is 0 Å². The number of piperidine rings is 1. The maximum absolute atomic E-state index is 9.10. The summed E-state index contributed by atoms with van der Waals surface area (Å²) in [6.45, 7) is 4.45. The number of para-hydroxylation sites is 1. The number of hydrogen-bond acceptors (Lipinski definition) is 2. The Morgan fingerprint density at radius 2 is 2.25 bits per heavy atom. The highest BCUT2D eigenvalue weighted by atomic mass is 15.1. The lowest BCUT2D eigenvalue weighted by Gasteiger charge is -2.34. The van der Waals surface area contributed by atoms with Crippen LogP contribution in [0.3, 0.4) is 0 Å². The average molecular weight is 214 g/mol. The molecule has 0 saturated carbocycles. The van der Waals surface area contributed by atoms with Crippen LogP contribution in [-0.4, -0.2) is 13.1 Å². The van der Waals surface area contributed by atoms with Crippen molar-refractivity contribution in [1.29, 1.82) is 5.26 Å². The molecule has 1 aromatic carbocycles. The summed E-state index contributed by atoms with van der Waals surface area (Å²) in [6, 6.07) is 10.2. The van der Waals surface area contributed by atoms with E-state index in [-0.39, 0.29) is 0 Å². The molecule has 0 radical (unpaired) electrons. The molecule has 2 nitrogen and oxygen atoms in total. The number of hydrogen-bond donors (Lipinski definition) is 0. The third-order valence-corrected chi connectivity index (χ3v) is 3.46. The number of rotatable bonds is 2. The maximum atomic E-state index is 9.10. The van der Waals surface area contributed by atoms with Crippen LogP contribution < -0.4 is 4.90 Å². The van der Waals surface area contributed by atoms with E-state index in [4.69, 9.17) is 5.26 Å². The van der Waals surface area contributed by atoms with Crippen molar-refractivity contribution in [2.24, 2.45) is 5.92 Å². The van der Waals surface area contributed by atoms with Crippen molar-refractivity contribution in [3.05, 3.63) is 29.8 Å². The summed E-state index contributed by atoms with van der Waals surface area (Å²) in [4.78, 5) is 2.37. The Kier molecular flexibility index (Phi) is 3.46. The Bertz CT molecular complexity index is 392. The standard InChI is InChI=1S/C14H18N2/c1-2-12-6-5-9-16(11-12)14-8-4-3-7-13(14)10-15/h3-4,7-8,12H,2,5-6,9,11H2,1H3. The molecule has 1 saturated heterocycles. The first kappa shape index (κ1) is 11.0. The Morgan fingerprint density at radius 1 is 1.44 bits per heavy atom. The van der Waals surface area contributed by atoms with Crippen molar-refractivity contribution in [2.75, 3.05) is 18.0 Å². The van der Waals surface area contributed by atoms with Crippen LogP contribution in [0.1, 0.15) is 31.7 Å². The lowest BCUT2D eigenvalue weighted by atomic mass is 9.95. The van der Waals surface area contributed by atoms with Gasteiger partial charge >= 0.3 is 0 Å². The van der Waals surface area contributed by atoms with Gasteiger partial charge in [-0.3, -0.25) is 0 Å². The van der Waals surface area contributed by atoms with Crippen LogP contribution in [0.5, 0.6) is 0 Å². The molecule has 0 aliphatic carbocycles. The van der Waals surface area contributed by atoms with Gasteiger partial charge in [0, 0.05) is 13.1 Å². The smallest absolute Gasteiger partial charge is 0.101 e. The highest BCUT2D eigenvalue weighted by Crippen LogP contribution is 2.27. The number of nitriles is 1. The van der Waals surface area contributed by atoms with Gasteiger partial charge in [0.15, 0.2) is 0 Å². The average Bonchev–Trinajstić information content (AvgIpc) is 2.38. The molecule has 0 N–H and O–H groups in total. The molecule has 1 aliphatic rings. The molecule has 84 valence electrons. The molecule has 0 amide bonds. The quantitative estimate of drug-likeness (QED) is 0.756. The summed E-state index contributed by atoms with van der Waals surface area (Å²) in [5, 5.41) is 9.10. The summed E-state index contributed by atoms with van der Waals surface area (Å²) in [7, 11) is 0. The second kappa shape index (κ2) is 5.03. The number of nitrogens with zero attached hydrogens (tertiary/aromatic N) is 2. The summed E-state index contributed by atoms with van der Waals surface area (Å²) in [5.41, 5.74) is 1.92. The monoisotopic (exact) mass is 214 g/mol. The number of anilines is 1. The molecule has 16 heavy (non-hydrogen) atoms. The largest absolute Gasteiger partial charge is 0.370 e. The van der Waals surface area contributed by atoms with Gasteiger partial charge in [0.25, 0.3) is 0 Å². The van der Waals surface area contributed by atoms with Crippen LogP contribution in [0.25, 0.3) is 0 Å². The van der Waals surface area contributed by atoms with E-state index in [1.807, 2.05) is 18.2 Å². The molecular formula is C14H18N2. The van der Waals surface area contributed by atoms with E-state index in [2.05, 4.69) is 24.0 Å². The van der Waals surface area contributed by atoms with Gasteiger partial charge in [-0.05, 0) is 30.9 Å². The van der Waals surface area contributed by atoms with Gasteiger partial charge in [0.05, 0.1) is 11.3 Å². The van der Waals surface area contributed by atoms with Gasteiger partial charge in [-0.25, -0.2) is 0 Å². The summed E-state index contributed by atoms with van der Waals surface area (Å²) >= 11 is 0. The lowest BCUT2D eigenvalue weighted by molar-refractivity contribution is 0.404. The van der Waals surface area contributed by atoms with Gasteiger partial charge in [-0.2, -0.15) is 5.26 Å². The van der Waals surface area contributed by atoms with Crippen molar-refractivity contribution in [3.63, 3.8) is 0 Å². The van der Waals surface area contributed by atoms with Crippen LogP contribution in [0.2, 0.25) is 0 Å². The zero-order valence-corrected chi connectivity index (χ0v) is 9.82. The highest BCUT2D eigenvalue weighted by molar-refractivity contribution is 5.59. The Balaban J connectivity index is 2.20. The van der Waals surface area contributed by atoms with Crippen molar-refractivity contribution >= 4 is 5.69 Å². The normalized spacial score (nSPS) is 20.5. The minimum Gasteiger partial charge on any atom is -0.370 e. The topological polar surface area (TPSA) is 27.0 Å². The second-order valence-electron chi connectivity index (χ2n) is 4.49. The predicted molar refractivity (Wildman–Crippen MR) is 66.4 cm³/mol. The third-order valence-electron chi connectivity index (χ3n) is 3.46. The van der Waals surface area contributed by atoms with Crippen LogP contribution in [0, 0.1) is 17.2 Å². The fourth-order valence-electron chi connectivity index (χ4n) is 2.46. The molecule has 1 unspecified atom stereocenters. The fourth-order valence-corrected chi connectivity index (χ4v) is 2.46. The molecule has 1 aromatic rings. The minimum atomic E-state index is 0.792. The Morgan fingerprint density at radius 3 is 3.00 bits per heavy atom. The first-order valence-corrected chi connectivity index (χ1v) is 6.09. The molecule has 0 spiro atoms. The zero-order chi connectivity index (χ0) is 11.4. The van der Waals surface area contributed by atoms with E-state index < -0.39 is 0 Å². The van der Waals surface area contributed by atoms with Gasteiger partial charge in [-0.15, -0.1) is 0 Å². The summed E-state index contributed by atoms with van der Waals surface area (Å²) in [6.07, 6.45) is 3.82. The van der Waals surface area contributed by atoms with E-state index in [0.717, 1.165) is 30.3 Å². The predicted octanol–water partition coefficient (Wildman–Crippen LogP) is 3.18. The molecule has 0 aromatic heterocycles. The van der Waals surface area contributed by atoms with Crippen molar-refractivity contribution in [2.45, 2.75) is 26.2 Å². The minimum absolute atomic E-state index is 0.792. The molecule has 2 heteroatoms. The van der Waals surface area contributed by atoms with E-state index in [9.17, 15) is 0 Å². The Hall–Kier alpha value is -1.49. The second-order valence-corrected chi connectivity index (χ2v) is 4.49. The van der Waals surface area contributed by atoms with E-state index >= 15 is 0 Å². The summed E-state index contributed by atoms with van der Waals surface area (Å²) in [5.74, 6) is 0.792. The fraction of sp³-hybridized carbons (Fsp3) is 0.500. The molecule has 1 heterocycles.